The number of rotatable bonds is 47. The van der Waals surface area contributed by atoms with Crippen molar-refractivity contribution in [2.45, 2.75) is 290 Å². The topological polar surface area (TPSA) is 78.9 Å². The van der Waals surface area contributed by atoms with Crippen LogP contribution in [0.2, 0.25) is 0 Å². The van der Waals surface area contributed by atoms with Gasteiger partial charge in [-0.15, -0.1) is 0 Å². The highest BCUT2D eigenvalue weighted by molar-refractivity contribution is 5.71. The SMILES string of the molecule is CCCC/C=C\CCCCCCC(=O)OCC(COC(=O)CCCCCCCCCCCCCCCCCCCCC)OC(=O)CCCCCCCCCCCCC. The molecule has 0 aliphatic heterocycles. The lowest BCUT2D eigenvalue weighted by Gasteiger charge is -2.18. The second kappa shape index (κ2) is 47.8. The predicted octanol–water partition coefficient (Wildman–Crippen LogP) is 16.6. The maximum atomic E-state index is 12.7. The van der Waals surface area contributed by atoms with E-state index in [9.17, 15) is 14.4 Å². The van der Waals surface area contributed by atoms with Gasteiger partial charge in [-0.25, -0.2) is 0 Å². The first-order chi connectivity index (χ1) is 28.5. The monoisotopic (exact) mass is 819 g/mol. The van der Waals surface area contributed by atoms with E-state index in [2.05, 4.69) is 32.9 Å². The Kier molecular flexibility index (Phi) is 46.3. The molecule has 0 saturated heterocycles. The zero-order valence-corrected chi connectivity index (χ0v) is 39.1. The average Bonchev–Trinajstić information content (AvgIpc) is 3.22. The summed E-state index contributed by atoms with van der Waals surface area (Å²) >= 11 is 0. The zero-order valence-electron chi connectivity index (χ0n) is 39.1. The number of carbonyl (C=O) groups is 3. The molecule has 1 unspecified atom stereocenters. The largest absolute Gasteiger partial charge is 0.462 e. The van der Waals surface area contributed by atoms with Crippen LogP contribution in [0.1, 0.15) is 284 Å². The Bertz CT molecular complexity index is 900. The molecule has 0 bridgehead atoms. The van der Waals surface area contributed by atoms with Gasteiger partial charge in [0.25, 0.3) is 0 Å². The van der Waals surface area contributed by atoms with Gasteiger partial charge in [0.05, 0.1) is 0 Å². The molecule has 6 nitrogen and oxygen atoms in total. The molecular weight excluding hydrogens is 721 g/mol. The molecule has 0 N–H and O–H groups in total. The van der Waals surface area contributed by atoms with Crippen molar-refractivity contribution in [2.75, 3.05) is 13.2 Å². The van der Waals surface area contributed by atoms with Crippen molar-refractivity contribution in [3.63, 3.8) is 0 Å². The Labute approximate surface area is 360 Å². The summed E-state index contributed by atoms with van der Waals surface area (Å²) in [4.78, 5) is 37.8. The van der Waals surface area contributed by atoms with Crippen LogP contribution in [0.25, 0.3) is 0 Å². The van der Waals surface area contributed by atoms with E-state index in [1.165, 1.54) is 167 Å². The second-order valence-corrected chi connectivity index (χ2v) is 17.4. The molecule has 0 spiro atoms. The first-order valence-corrected chi connectivity index (χ1v) is 25.7. The van der Waals surface area contributed by atoms with Crippen molar-refractivity contribution in [3.8, 4) is 0 Å². The molecule has 342 valence electrons. The number of esters is 3. The number of ether oxygens (including phenoxy) is 3. The number of hydrogen-bond donors (Lipinski definition) is 0. The average molecular weight is 819 g/mol. The van der Waals surface area contributed by atoms with Gasteiger partial charge in [-0.2, -0.15) is 0 Å². The van der Waals surface area contributed by atoms with Crippen LogP contribution in [0.3, 0.4) is 0 Å². The minimum absolute atomic E-state index is 0.0684. The summed E-state index contributed by atoms with van der Waals surface area (Å²) in [6.45, 7) is 6.61. The molecular formula is C52H98O6. The van der Waals surface area contributed by atoms with Gasteiger partial charge in [0.2, 0.25) is 0 Å². The van der Waals surface area contributed by atoms with E-state index in [1.54, 1.807) is 0 Å². The van der Waals surface area contributed by atoms with E-state index in [1.807, 2.05) is 0 Å². The van der Waals surface area contributed by atoms with Crippen LogP contribution in [0.5, 0.6) is 0 Å². The van der Waals surface area contributed by atoms with Crippen molar-refractivity contribution in [3.05, 3.63) is 12.2 Å². The van der Waals surface area contributed by atoms with Gasteiger partial charge in [-0.3, -0.25) is 14.4 Å². The number of unbranched alkanes of at least 4 members (excludes halogenated alkanes) is 34. The fourth-order valence-electron chi connectivity index (χ4n) is 7.60. The van der Waals surface area contributed by atoms with Crippen LogP contribution in [0.4, 0.5) is 0 Å². The summed E-state index contributed by atoms with van der Waals surface area (Å²) in [5, 5.41) is 0. The Hall–Kier alpha value is -1.85. The zero-order chi connectivity index (χ0) is 42.3. The van der Waals surface area contributed by atoms with Gasteiger partial charge in [0.15, 0.2) is 6.10 Å². The third-order valence-corrected chi connectivity index (χ3v) is 11.5. The van der Waals surface area contributed by atoms with Gasteiger partial charge in [-0.05, 0) is 38.5 Å². The van der Waals surface area contributed by atoms with Crippen LogP contribution < -0.4 is 0 Å². The highest BCUT2D eigenvalue weighted by Gasteiger charge is 2.19. The second-order valence-electron chi connectivity index (χ2n) is 17.4. The van der Waals surface area contributed by atoms with Crippen LogP contribution in [-0.2, 0) is 28.6 Å². The molecule has 0 radical (unpaired) electrons. The number of allylic oxidation sites excluding steroid dienone is 2. The Morgan fingerprint density at radius 2 is 0.586 bits per heavy atom. The summed E-state index contributed by atoms with van der Waals surface area (Å²) in [7, 11) is 0. The Morgan fingerprint density at radius 3 is 0.914 bits per heavy atom. The molecule has 0 rings (SSSR count). The van der Waals surface area contributed by atoms with Gasteiger partial charge >= 0.3 is 17.9 Å². The molecule has 0 aliphatic carbocycles. The van der Waals surface area contributed by atoms with Crippen LogP contribution >= 0.6 is 0 Å². The minimum Gasteiger partial charge on any atom is -0.462 e. The van der Waals surface area contributed by atoms with Crippen molar-refractivity contribution in [1.82, 2.24) is 0 Å². The lowest BCUT2D eigenvalue weighted by molar-refractivity contribution is -0.167. The molecule has 0 aromatic heterocycles. The fraction of sp³-hybridized carbons (Fsp3) is 0.904. The van der Waals surface area contributed by atoms with E-state index in [0.29, 0.717) is 19.3 Å². The standard InChI is InChI=1S/C52H98O6/c1-4-7-10-13-16-19-22-23-24-25-26-27-28-29-31-33-36-39-42-45-51(54)57-48-49(47-56-50(53)44-41-38-35-32-21-18-15-12-9-6-3)58-52(55)46-43-40-37-34-30-20-17-14-11-8-5-2/h15,18,49H,4-14,16-17,19-48H2,1-3H3/b18-15-. The highest BCUT2D eigenvalue weighted by Crippen LogP contribution is 2.16. The summed E-state index contributed by atoms with van der Waals surface area (Å²) in [5.41, 5.74) is 0. The summed E-state index contributed by atoms with van der Waals surface area (Å²) in [6, 6.07) is 0. The normalized spacial score (nSPS) is 12.0. The van der Waals surface area contributed by atoms with Crippen LogP contribution in [0, 0.1) is 0 Å². The van der Waals surface area contributed by atoms with Crippen LogP contribution in [-0.4, -0.2) is 37.2 Å². The maximum absolute atomic E-state index is 12.7. The van der Waals surface area contributed by atoms with Crippen molar-refractivity contribution in [2.24, 2.45) is 0 Å². The molecule has 1 atom stereocenters. The fourth-order valence-corrected chi connectivity index (χ4v) is 7.60. The van der Waals surface area contributed by atoms with Gasteiger partial charge < -0.3 is 14.2 Å². The summed E-state index contributed by atoms with van der Waals surface area (Å²) < 4.78 is 16.7. The molecule has 58 heavy (non-hydrogen) atoms. The first-order valence-electron chi connectivity index (χ1n) is 25.7. The lowest BCUT2D eigenvalue weighted by Crippen LogP contribution is -2.30. The molecule has 0 saturated carbocycles. The molecule has 0 aromatic carbocycles. The molecule has 0 aromatic rings. The molecule has 6 heteroatoms. The first kappa shape index (κ1) is 56.1. The molecule has 0 aliphatic rings. The predicted molar refractivity (Wildman–Crippen MR) is 247 cm³/mol. The summed E-state index contributed by atoms with van der Waals surface area (Å²) in [5.74, 6) is -0.869. The number of hydrogen-bond acceptors (Lipinski definition) is 6. The number of carbonyl (C=O) groups excluding carboxylic acids is 3. The smallest absolute Gasteiger partial charge is 0.306 e. The molecule has 0 fully saturated rings. The van der Waals surface area contributed by atoms with Gasteiger partial charge in [0, 0.05) is 19.3 Å². The van der Waals surface area contributed by atoms with E-state index >= 15 is 0 Å². The van der Waals surface area contributed by atoms with Crippen LogP contribution in [0.15, 0.2) is 12.2 Å². The quantitative estimate of drug-likeness (QED) is 0.0263. The third kappa shape index (κ3) is 45.2. The van der Waals surface area contributed by atoms with Crippen molar-refractivity contribution >= 4 is 17.9 Å². The van der Waals surface area contributed by atoms with Crippen molar-refractivity contribution in [1.29, 1.82) is 0 Å². The van der Waals surface area contributed by atoms with Crippen molar-refractivity contribution < 1.29 is 28.6 Å². The Morgan fingerprint density at radius 1 is 0.328 bits per heavy atom. The summed E-state index contributed by atoms with van der Waals surface area (Å²) in [6.07, 6.45) is 52.0. The lowest BCUT2D eigenvalue weighted by atomic mass is 10.0. The molecule has 0 amide bonds. The van der Waals surface area contributed by atoms with Gasteiger partial charge in [-0.1, -0.05) is 238 Å². The maximum Gasteiger partial charge on any atom is 0.306 e. The minimum atomic E-state index is -0.766. The van der Waals surface area contributed by atoms with E-state index < -0.39 is 6.10 Å². The highest BCUT2D eigenvalue weighted by atomic mass is 16.6. The third-order valence-electron chi connectivity index (χ3n) is 11.5. The van der Waals surface area contributed by atoms with Gasteiger partial charge in [0.1, 0.15) is 13.2 Å². The molecule has 0 heterocycles. The van der Waals surface area contributed by atoms with E-state index in [4.69, 9.17) is 14.2 Å². The van der Waals surface area contributed by atoms with E-state index in [-0.39, 0.29) is 31.1 Å². The van der Waals surface area contributed by atoms with E-state index in [0.717, 1.165) is 77.0 Å². The Balaban J connectivity index is 4.22.